The molecular formula is C14H15BrN2O2. The maximum Gasteiger partial charge on any atom is 0.124 e. The molecule has 0 saturated carbocycles. The number of phenolic OH excluding ortho intramolecular Hbond substituents is 2. The molecule has 3 N–H and O–H groups in total. The summed E-state index contributed by atoms with van der Waals surface area (Å²) < 4.78 is 0.788. The van der Waals surface area contributed by atoms with Gasteiger partial charge in [-0.3, -0.25) is 0 Å². The molecule has 0 bridgehead atoms. The lowest BCUT2D eigenvalue weighted by atomic mass is 10.1. The Balaban J connectivity index is 2.23. The van der Waals surface area contributed by atoms with E-state index in [2.05, 4.69) is 26.2 Å². The van der Waals surface area contributed by atoms with Gasteiger partial charge in [-0.05, 0) is 54.0 Å². The smallest absolute Gasteiger partial charge is 0.124 e. The van der Waals surface area contributed by atoms with Gasteiger partial charge in [0.05, 0.1) is 17.4 Å². The summed E-state index contributed by atoms with van der Waals surface area (Å²) >= 11 is 3.32. The van der Waals surface area contributed by atoms with Crippen LogP contribution in [0.3, 0.4) is 0 Å². The van der Waals surface area contributed by atoms with Crippen molar-refractivity contribution in [2.75, 3.05) is 5.32 Å². The molecule has 1 unspecified atom stereocenters. The summed E-state index contributed by atoms with van der Waals surface area (Å²) in [5.74, 6) is 0.123. The highest BCUT2D eigenvalue weighted by molar-refractivity contribution is 9.10. The van der Waals surface area contributed by atoms with Crippen molar-refractivity contribution in [1.82, 2.24) is 4.98 Å². The minimum absolute atomic E-state index is 0.0509. The Hall–Kier alpha value is -1.75. The van der Waals surface area contributed by atoms with Crippen molar-refractivity contribution in [3.63, 3.8) is 0 Å². The van der Waals surface area contributed by atoms with E-state index in [-0.39, 0.29) is 17.5 Å². The highest BCUT2D eigenvalue weighted by atomic mass is 79.9. The first kappa shape index (κ1) is 13.7. The molecule has 1 atom stereocenters. The number of aromatic hydroxyl groups is 2. The topological polar surface area (TPSA) is 65.4 Å². The van der Waals surface area contributed by atoms with Crippen molar-refractivity contribution < 1.29 is 10.2 Å². The predicted octanol–water partition coefficient (Wildman–Crippen LogP) is 3.74. The highest BCUT2D eigenvalue weighted by Gasteiger charge is 2.12. The molecule has 2 rings (SSSR count). The lowest BCUT2D eigenvalue weighted by Crippen LogP contribution is -2.08. The van der Waals surface area contributed by atoms with E-state index >= 15 is 0 Å². The number of phenols is 2. The molecule has 0 saturated heterocycles. The van der Waals surface area contributed by atoms with E-state index in [1.165, 1.54) is 6.07 Å². The SMILES string of the molecule is Cc1nc(Br)ccc1NC(C)c1ccc(O)cc1O. The fourth-order valence-corrected chi connectivity index (χ4v) is 2.29. The zero-order valence-electron chi connectivity index (χ0n) is 10.7. The van der Waals surface area contributed by atoms with Crippen LogP contribution in [0.5, 0.6) is 11.5 Å². The summed E-state index contributed by atoms with van der Waals surface area (Å²) in [6.45, 7) is 3.85. The summed E-state index contributed by atoms with van der Waals surface area (Å²) in [5.41, 5.74) is 2.50. The van der Waals surface area contributed by atoms with Gasteiger partial charge in [-0.2, -0.15) is 0 Å². The molecule has 19 heavy (non-hydrogen) atoms. The molecule has 1 aromatic carbocycles. The Morgan fingerprint density at radius 2 is 1.95 bits per heavy atom. The quantitative estimate of drug-likeness (QED) is 0.753. The Morgan fingerprint density at radius 3 is 2.58 bits per heavy atom. The van der Waals surface area contributed by atoms with Crippen LogP contribution in [0.1, 0.15) is 24.2 Å². The Morgan fingerprint density at radius 1 is 1.21 bits per heavy atom. The van der Waals surface area contributed by atoms with E-state index in [9.17, 15) is 10.2 Å². The third-order valence-electron chi connectivity index (χ3n) is 2.90. The molecule has 2 aromatic rings. The first-order valence-electron chi connectivity index (χ1n) is 5.89. The summed E-state index contributed by atoms with van der Waals surface area (Å²) in [7, 11) is 0. The fraction of sp³-hybridized carbons (Fsp3) is 0.214. The third kappa shape index (κ3) is 3.17. The van der Waals surface area contributed by atoms with Gasteiger partial charge in [0.15, 0.2) is 0 Å². The number of nitrogens with one attached hydrogen (secondary N) is 1. The van der Waals surface area contributed by atoms with Crippen LogP contribution in [-0.2, 0) is 0 Å². The first-order valence-corrected chi connectivity index (χ1v) is 6.68. The van der Waals surface area contributed by atoms with E-state index in [0.29, 0.717) is 0 Å². The van der Waals surface area contributed by atoms with Crippen LogP contribution in [0.2, 0.25) is 0 Å². The number of pyridine rings is 1. The number of hydrogen-bond donors (Lipinski definition) is 3. The molecule has 5 heteroatoms. The van der Waals surface area contributed by atoms with Crippen molar-refractivity contribution in [2.45, 2.75) is 19.9 Å². The van der Waals surface area contributed by atoms with Gasteiger partial charge in [0, 0.05) is 11.6 Å². The normalized spacial score (nSPS) is 12.2. The van der Waals surface area contributed by atoms with E-state index in [1.807, 2.05) is 26.0 Å². The van der Waals surface area contributed by atoms with Crippen LogP contribution >= 0.6 is 15.9 Å². The van der Waals surface area contributed by atoms with Crippen molar-refractivity contribution in [2.24, 2.45) is 0 Å². The molecule has 0 aliphatic rings. The van der Waals surface area contributed by atoms with Crippen LogP contribution in [0.15, 0.2) is 34.9 Å². The van der Waals surface area contributed by atoms with Crippen LogP contribution in [0, 0.1) is 6.92 Å². The van der Waals surface area contributed by atoms with E-state index in [4.69, 9.17) is 0 Å². The van der Waals surface area contributed by atoms with Gasteiger partial charge < -0.3 is 15.5 Å². The number of aromatic nitrogens is 1. The number of rotatable bonds is 3. The van der Waals surface area contributed by atoms with E-state index in [0.717, 1.165) is 21.5 Å². The molecule has 100 valence electrons. The van der Waals surface area contributed by atoms with Crippen molar-refractivity contribution >= 4 is 21.6 Å². The van der Waals surface area contributed by atoms with Crippen LogP contribution in [-0.4, -0.2) is 15.2 Å². The molecule has 0 radical (unpaired) electrons. The molecule has 0 aliphatic heterocycles. The summed E-state index contributed by atoms with van der Waals surface area (Å²) in [5, 5.41) is 22.4. The van der Waals surface area contributed by atoms with Gasteiger partial charge >= 0.3 is 0 Å². The second-order valence-electron chi connectivity index (χ2n) is 4.38. The average Bonchev–Trinajstić information content (AvgIpc) is 2.32. The zero-order chi connectivity index (χ0) is 14.0. The van der Waals surface area contributed by atoms with Crippen LogP contribution in [0.4, 0.5) is 5.69 Å². The highest BCUT2D eigenvalue weighted by Crippen LogP contribution is 2.30. The van der Waals surface area contributed by atoms with Gasteiger partial charge in [0.25, 0.3) is 0 Å². The first-order chi connectivity index (χ1) is 8.97. The van der Waals surface area contributed by atoms with Crippen LogP contribution in [0.25, 0.3) is 0 Å². The van der Waals surface area contributed by atoms with Gasteiger partial charge in [-0.25, -0.2) is 4.98 Å². The van der Waals surface area contributed by atoms with Crippen molar-refractivity contribution in [3.8, 4) is 11.5 Å². The maximum absolute atomic E-state index is 9.83. The van der Waals surface area contributed by atoms with E-state index < -0.39 is 0 Å². The standard InChI is InChI=1S/C14H15BrN2O2/c1-8(11-4-3-10(18)7-13(11)19)16-12-5-6-14(15)17-9(12)2/h3-8,16,18-19H,1-2H3. The number of nitrogens with zero attached hydrogens (tertiary/aromatic N) is 1. The Kier molecular flexibility index (Phi) is 3.95. The number of halogens is 1. The number of anilines is 1. The van der Waals surface area contributed by atoms with Gasteiger partial charge in [-0.15, -0.1) is 0 Å². The van der Waals surface area contributed by atoms with Crippen molar-refractivity contribution in [1.29, 1.82) is 0 Å². The molecule has 0 spiro atoms. The molecular weight excluding hydrogens is 308 g/mol. The lowest BCUT2D eigenvalue weighted by Gasteiger charge is -2.18. The number of hydrogen-bond acceptors (Lipinski definition) is 4. The minimum Gasteiger partial charge on any atom is -0.508 e. The average molecular weight is 323 g/mol. The maximum atomic E-state index is 9.83. The predicted molar refractivity (Wildman–Crippen MR) is 78.5 cm³/mol. The molecule has 0 aliphatic carbocycles. The minimum atomic E-state index is -0.0951. The summed E-state index contributed by atoms with van der Waals surface area (Å²) in [6, 6.07) is 8.28. The second kappa shape index (κ2) is 5.48. The Labute approximate surface area is 120 Å². The monoisotopic (exact) mass is 322 g/mol. The lowest BCUT2D eigenvalue weighted by molar-refractivity contribution is 0.444. The largest absolute Gasteiger partial charge is 0.508 e. The number of benzene rings is 1. The number of aryl methyl sites for hydroxylation is 1. The van der Waals surface area contributed by atoms with Gasteiger partial charge in [0.1, 0.15) is 16.1 Å². The second-order valence-corrected chi connectivity index (χ2v) is 5.19. The van der Waals surface area contributed by atoms with Crippen LogP contribution < -0.4 is 5.32 Å². The molecule has 0 amide bonds. The molecule has 0 fully saturated rings. The summed E-state index contributed by atoms with van der Waals surface area (Å²) in [4.78, 5) is 4.31. The molecule has 1 aromatic heterocycles. The van der Waals surface area contributed by atoms with Gasteiger partial charge in [-0.1, -0.05) is 0 Å². The molecule has 1 heterocycles. The molecule has 4 nitrogen and oxygen atoms in total. The van der Waals surface area contributed by atoms with Crippen molar-refractivity contribution in [3.05, 3.63) is 46.2 Å². The zero-order valence-corrected chi connectivity index (χ0v) is 12.3. The summed E-state index contributed by atoms with van der Waals surface area (Å²) in [6.07, 6.45) is 0. The van der Waals surface area contributed by atoms with E-state index in [1.54, 1.807) is 12.1 Å². The third-order valence-corrected chi connectivity index (χ3v) is 3.35. The van der Waals surface area contributed by atoms with Gasteiger partial charge in [0.2, 0.25) is 0 Å². The Bertz CT molecular complexity index is 602. The fourth-order valence-electron chi connectivity index (χ4n) is 1.89.